The monoisotopic (exact) mass is 188 g/mol. The summed E-state index contributed by atoms with van der Waals surface area (Å²) in [7, 11) is -2.48. The molecule has 64 valence electrons. The Morgan fingerprint density at radius 3 is 2.33 bits per heavy atom. The van der Waals surface area contributed by atoms with E-state index in [1.807, 2.05) is 0 Å². The van der Waals surface area contributed by atoms with Gasteiger partial charge in [0.25, 0.3) is 0 Å². The average Bonchev–Trinajstić information content (AvgIpc) is 2.05. The molecule has 0 bridgehead atoms. The molecule has 0 unspecified atom stereocenters. The summed E-state index contributed by atoms with van der Waals surface area (Å²) in [6, 6.07) is 7.86. The number of hydrogen-bond acceptors (Lipinski definition) is 4. The minimum absolute atomic E-state index is 0.201. The van der Waals surface area contributed by atoms with Crippen LogP contribution in [-0.4, -0.2) is 5.97 Å². The third-order valence-electron chi connectivity index (χ3n) is 1.14. The van der Waals surface area contributed by atoms with E-state index in [0.29, 0.717) is 0 Å². The van der Waals surface area contributed by atoms with Gasteiger partial charge in [0.1, 0.15) is 0 Å². The largest absolute Gasteiger partial charge is 0.452 e. The first-order valence-corrected chi connectivity index (χ1v) is 3.96. The first kappa shape index (κ1) is 8.99. The minimum Gasteiger partial charge on any atom is -0.307 e. The first-order chi connectivity index (χ1) is 5.70. The topological polar surface area (TPSA) is 72.4 Å². The van der Waals surface area contributed by atoms with E-state index in [0.717, 1.165) is 0 Å². The van der Waals surface area contributed by atoms with Gasteiger partial charge in [0.15, 0.2) is 0 Å². The molecule has 0 saturated heterocycles. The van der Waals surface area contributed by atoms with Crippen LogP contribution in [0.4, 0.5) is 0 Å². The van der Waals surface area contributed by atoms with Crippen LogP contribution < -0.4 is 9.32 Å². The molecule has 0 amide bonds. The zero-order valence-electron chi connectivity index (χ0n) is 5.90. The van der Waals surface area contributed by atoms with Crippen molar-refractivity contribution in [3.8, 4) is 0 Å². The molecule has 1 aromatic carbocycles. The van der Waals surface area contributed by atoms with Gasteiger partial charge in [-0.2, -0.15) is 0 Å². The molecular formula is C7H5ClO4. The maximum atomic E-state index is 10.8. The van der Waals surface area contributed by atoms with E-state index >= 15 is 0 Å². The Bertz CT molecular complexity index is 259. The van der Waals surface area contributed by atoms with Crippen LogP contribution in [0.1, 0.15) is 10.4 Å². The van der Waals surface area contributed by atoms with Crippen LogP contribution in [0, 0.1) is 10.8 Å². The van der Waals surface area contributed by atoms with Crippen LogP contribution in [0.2, 0.25) is 0 Å². The van der Waals surface area contributed by atoms with Gasteiger partial charge in [-0.1, -0.05) is 22.5 Å². The summed E-state index contributed by atoms with van der Waals surface area (Å²) in [5, 5.41) is 0. The summed E-state index contributed by atoms with van der Waals surface area (Å²) in [5.41, 5.74) is 0.201. The summed E-state index contributed by atoms with van der Waals surface area (Å²) in [4.78, 5) is 10.8. The molecule has 0 aliphatic carbocycles. The van der Waals surface area contributed by atoms with Crippen molar-refractivity contribution in [3.05, 3.63) is 35.9 Å². The van der Waals surface area contributed by atoms with Crippen LogP contribution in [0.25, 0.3) is 0 Å². The number of halogens is 1. The second-order valence-electron chi connectivity index (χ2n) is 1.92. The Morgan fingerprint density at radius 2 is 1.83 bits per heavy atom. The molecule has 0 fully saturated rings. The number of carbonyl (C=O) groups excluding carboxylic acids is 1. The minimum atomic E-state index is -2.48. The Labute approximate surface area is 71.8 Å². The van der Waals surface area contributed by atoms with E-state index in [4.69, 9.17) is 0 Å². The number of hydrogen-bond donors (Lipinski definition) is 0. The second kappa shape index (κ2) is 4.06. The van der Waals surface area contributed by atoms with Gasteiger partial charge in [-0.25, -0.2) is 4.79 Å². The van der Waals surface area contributed by atoms with Crippen LogP contribution in [0.15, 0.2) is 30.3 Å². The molecule has 0 aliphatic rings. The van der Waals surface area contributed by atoms with E-state index in [-0.39, 0.29) is 5.56 Å². The van der Waals surface area contributed by atoms with Gasteiger partial charge < -0.3 is 9.32 Å². The van der Waals surface area contributed by atoms with Crippen molar-refractivity contribution in [1.29, 1.82) is 0 Å². The third kappa shape index (κ3) is 2.50. The molecule has 12 heavy (non-hydrogen) atoms. The lowest BCUT2D eigenvalue weighted by Gasteiger charge is -1.93. The van der Waals surface area contributed by atoms with Crippen molar-refractivity contribution < 1.29 is 29.2 Å². The zero-order valence-corrected chi connectivity index (χ0v) is 6.65. The summed E-state index contributed by atoms with van der Waals surface area (Å²) >= 11 is 0. The average molecular weight is 189 g/mol. The number of carbonyl (C=O) groups is 1. The summed E-state index contributed by atoms with van der Waals surface area (Å²) in [6.07, 6.45) is 0. The molecule has 0 heterocycles. The normalized spacial score (nSPS) is 9.92. The van der Waals surface area contributed by atoms with Gasteiger partial charge in [0.05, 0.1) is 5.56 Å². The lowest BCUT2D eigenvalue weighted by Crippen LogP contribution is -2.36. The molecular weight excluding hydrogens is 184 g/mol. The van der Waals surface area contributed by atoms with Crippen molar-refractivity contribution in [2.45, 2.75) is 0 Å². The highest BCUT2D eigenvalue weighted by molar-refractivity contribution is 5.88. The van der Waals surface area contributed by atoms with Crippen molar-refractivity contribution >= 4 is 5.97 Å². The molecule has 5 heteroatoms. The van der Waals surface area contributed by atoms with E-state index in [1.165, 1.54) is 12.1 Å². The maximum Gasteiger partial charge on any atom is 0.452 e. The van der Waals surface area contributed by atoms with E-state index in [2.05, 4.69) is 4.29 Å². The SMILES string of the molecule is O=C(O[Cl+2]([O-])[O-])c1ccccc1. The van der Waals surface area contributed by atoms with Crippen LogP contribution >= 0.6 is 0 Å². The third-order valence-corrected chi connectivity index (χ3v) is 1.41. The predicted molar refractivity (Wildman–Crippen MR) is 31.9 cm³/mol. The lowest BCUT2D eigenvalue weighted by molar-refractivity contribution is -1.62. The molecule has 1 aromatic rings. The van der Waals surface area contributed by atoms with Gasteiger partial charge in [-0.3, -0.25) is 0 Å². The summed E-state index contributed by atoms with van der Waals surface area (Å²) in [6.45, 7) is 0. The Morgan fingerprint density at radius 1 is 1.25 bits per heavy atom. The Hall–Kier alpha value is -1.10. The smallest absolute Gasteiger partial charge is 0.307 e. The van der Waals surface area contributed by atoms with Crippen LogP contribution in [-0.2, 0) is 4.29 Å². The van der Waals surface area contributed by atoms with Gasteiger partial charge in [-0.15, -0.1) is 0 Å². The van der Waals surface area contributed by atoms with Crippen LogP contribution in [0.3, 0.4) is 0 Å². The highest BCUT2D eigenvalue weighted by Gasteiger charge is 2.18. The fourth-order valence-corrected chi connectivity index (χ4v) is 0.880. The van der Waals surface area contributed by atoms with E-state index in [9.17, 15) is 14.1 Å². The fraction of sp³-hybridized carbons (Fsp3) is 0. The molecule has 0 saturated carbocycles. The highest BCUT2D eigenvalue weighted by Crippen LogP contribution is 2.01. The summed E-state index contributed by atoms with van der Waals surface area (Å²) < 4.78 is 23.7. The quantitative estimate of drug-likeness (QED) is 0.593. The Kier molecular flexibility index (Phi) is 3.04. The Balaban J connectivity index is 2.66. The van der Waals surface area contributed by atoms with Crippen molar-refractivity contribution in [2.75, 3.05) is 0 Å². The first-order valence-electron chi connectivity index (χ1n) is 3.03. The molecule has 4 nitrogen and oxygen atoms in total. The lowest BCUT2D eigenvalue weighted by atomic mass is 10.2. The van der Waals surface area contributed by atoms with Gasteiger partial charge >= 0.3 is 16.8 Å². The van der Waals surface area contributed by atoms with Gasteiger partial charge in [-0.05, 0) is 12.1 Å². The van der Waals surface area contributed by atoms with Crippen molar-refractivity contribution in [1.82, 2.24) is 0 Å². The van der Waals surface area contributed by atoms with E-state index < -0.39 is 16.8 Å². The molecule has 0 radical (unpaired) electrons. The second-order valence-corrected chi connectivity index (χ2v) is 2.45. The van der Waals surface area contributed by atoms with E-state index in [1.54, 1.807) is 18.2 Å². The summed E-state index contributed by atoms with van der Waals surface area (Å²) in [5.74, 6) is -0.888. The van der Waals surface area contributed by atoms with Gasteiger partial charge in [0.2, 0.25) is 0 Å². The van der Waals surface area contributed by atoms with Gasteiger partial charge in [0, 0.05) is 0 Å². The zero-order chi connectivity index (χ0) is 8.97. The predicted octanol–water partition coefficient (Wildman–Crippen LogP) is -1.07. The molecule has 0 N–H and O–H groups in total. The van der Waals surface area contributed by atoms with Crippen molar-refractivity contribution in [3.63, 3.8) is 0 Å². The molecule has 0 aromatic heterocycles. The van der Waals surface area contributed by atoms with Crippen LogP contribution in [0.5, 0.6) is 0 Å². The molecule has 0 aliphatic heterocycles. The molecule has 0 atom stereocenters. The molecule has 0 spiro atoms. The van der Waals surface area contributed by atoms with Crippen molar-refractivity contribution in [2.24, 2.45) is 0 Å². The molecule has 1 rings (SSSR count). The maximum absolute atomic E-state index is 10.8. The number of benzene rings is 1. The standard InChI is InChI=1S/C7H5ClO4/c9-7(12-8(10)11)6-4-2-1-3-5-6/h1-5H. The number of rotatable bonds is 2. The highest BCUT2D eigenvalue weighted by atomic mass is 35.6. The fourth-order valence-electron chi connectivity index (χ4n) is 0.676.